The van der Waals surface area contributed by atoms with Crippen LogP contribution in [0, 0.1) is 5.92 Å². The molecule has 0 bridgehead atoms. The van der Waals surface area contributed by atoms with E-state index in [9.17, 15) is 32.8 Å². The van der Waals surface area contributed by atoms with Crippen LogP contribution in [0.1, 0.15) is 45.1 Å². The first-order valence-electron chi connectivity index (χ1n) is 9.71. The predicted octanol–water partition coefficient (Wildman–Crippen LogP) is 2.83. The van der Waals surface area contributed by atoms with Gasteiger partial charge >= 0.3 is 13.3 Å². The highest BCUT2D eigenvalue weighted by Gasteiger charge is 2.41. The second kappa shape index (κ2) is 10.0. The second-order valence-electron chi connectivity index (χ2n) is 7.84. The highest BCUT2D eigenvalue weighted by Crippen LogP contribution is 2.41. The molecule has 11 heteroatoms. The number of benzene rings is 1. The number of ketones is 1. The molecule has 1 aliphatic rings. The van der Waals surface area contributed by atoms with Gasteiger partial charge in [0, 0.05) is 30.1 Å². The minimum atomic E-state index is -4.61. The first-order valence-corrected chi connectivity index (χ1v) is 10.1. The number of halogens is 4. The fourth-order valence-electron chi connectivity index (χ4n) is 3.44. The van der Waals surface area contributed by atoms with E-state index in [-0.39, 0.29) is 35.3 Å². The predicted molar refractivity (Wildman–Crippen MR) is 108 cm³/mol. The first kappa shape index (κ1) is 24.5. The van der Waals surface area contributed by atoms with Crippen molar-refractivity contribution in [2.75, 3.05) is 11.4 Å². The van der Waals surface area contributed by atoms with Crippen LogP contribution in [-0.2, 0) is 15.8 Å². The van der Waals surface area contributed by atoms with E-state index >= 15 is 0 Å². The van der Waals surface area contributed by atoms with Gasteiger partial charge in [0.05, 0.1) is 17.5 Å². The van der Waals surface area contributed by atoms with Crippen molar-refractivity contribution in [3.05, 3.63) is 28.8 Å². The first-order chi connectivity index (χ1) is 13.9. The zero-order valence-electron chi connectivity index (χ0n) is 16.7. The zero-order chi connectivity index (χ0) is 22.6. The summed E-state index contributed by atoms with van der Waals surface area (Å²) in [5, 5.41) is 21.2. The highest BCUT2D eigenvalue weighted by atomic mass is 35.5. The van der Waals surface area contributed by atoms with Gasteiger partial charge in [0.1, 0.15) is 0 Å². The number of amides is 1. The summed E-state index contributed by atoms with van der Waals surface area (Å²) in [7, 11) is -1.72. The Morgan fingerprint density at radius 3 is 2.47 bits per heavy atom. The number of carbonyl (C=O) groups is 2. The standard InChI is InChI=1S/C19H25BClF3N2O4/c1-11(2)9-17(20(29)30)25-18(28)6-5-16(27)15-7-8-26(15)14-4-3-12(21)10-13(14)19(22,23)24/h3-4,10-11,15,17,29-30H,5-9H2,1-2H3,(H,25,28)/t15-,17-/m0/s1. The van der Waals surface area contributed by atoms with Crippen LogP contribution in [0.5, 0.6) is 0 Å². The zero-order valence-corrected chi connectivity index (χ0v) is 17.5. The minimum absolute atomic E-state index is 0.0480. The summed E-state index contributed by atoms with van der Waals surface area (Å²) in [6.45, 7) is 4.02. The maximum absolute atomic E-state index is 13.3. The van der Waals surface area contributed by atoms with Gasteiger partial charge in [0.2, 0.25) is 5.91 Å². The number of anilines is 1. The highest BCUT2D eigenvalue weighted by molar-refractivity contribution is 6.43. The minimum Gasteiger partial charge on any atom is -0.426 e. The maximum atomic E-state index is 13.3. The van der Waals surface area contributed by atoms with Gasteiger partial charge in [-0.3, -0.25) is 9.59 Å². The van der Waals surface area contributed by atoms with Crippen LogP contribution in [0.3, 0.4) is 0 Å². The van der Waals surface area contributed by atoms with Crippen LogP contribution in [0.4, 0.5) is 18.9 Å². The lowest BCUT2D eigenvalue weighted by atomic mass is 9.75. The number of rotatable bonds is 9. The van der Waals surface area contributed by atoms with Crippen molar-refractivity contribution in [2.45, 2.75) is 57.7 Å². The van der Waals surface area contributed by atoms with E-state index in [0.29, 0.717) is 19.4 Å². The number of alkyl halides is 3. The van der Waals surface area contributed by atoms with E-state index < -0.39 is 36.7 Å². The Hall–Kier alpha value is -1.78. The van der Waals surface area contributed by atoms with E-state index in [1.54, 1.807) is 0 Å². The third kappa shape index (κ3) is 6.36. The molecule has 0 radical (unpaired) electrons. The molecule has 3 N–H and O–H groups in total. The average molecular weight is 449 g/mol. The molecule has 0 unspecified atom stereocenters. The molecule has 1 saturated heterocycles. The lowest BCUT2D eigenvalue weighted by molar-refractivity contribution is -0.137. The third-order valence-electron chi connectivity index (χ3n) is 4.99. The van der Waals surface area contributed by atoms with Crippen molar-refractivity contribution in [3.8, 4) is 0 Å². The molecule has 30 heavy (non-hydrogen) atoms. The van der Waals surface area contributed by atoms with Gasteiger partial charge in [-0.2, -0.15) is 13.2 Å². The van der Waals surface area contributed by atoms with Gasteiger partial charge in [0.15, 0.2) is 5.78 Å². The van der Waals surface area contributed by atoms with Gasteiger partial charge in [-0.15, -0.1) is 0 Å². The van der Waals surface area contributed by atoms with Crippen molar-refractivity contribution >= 4 is 36.1 Å². The largest absolute Gasteiger partial charge is 0.475 e. The quantitative estimate of drug-likeness (QED) is 0.506. The molecule has 1 aromatic carbocycles. The van der Waals surface area contributed by atoms with E-state index in [2.05, 4.69) is 5.32 Å². The van der Waals surface area contributed by atoms with Crippen LogP contribution in [-0.4, -0.2) is 47.4 Å². The SMILES string of the molecule is CC(C)C[C@H](NC(=O)CCC(=O)[C@@H]1CCN1c1ccc(Cl)cc1C(F)(F)F)B(O)O. The summed E-state index contributed by atoms with van der Waals surface area (Å²) in [5.74, 6) is -1.60. The van der Waals surface area contributed by atoms with Gasteiger partial charge in [-0.05, 0) is 37.0 Å². The molecule has 0 aromatic heterocycles. The molecule has 0 saturated carbocycles. The van der Waals surface area contributed by atoms with Crippen LogP contribution in [0.25, 0.3) is 0 Å². The average Bonchev–Trinajstić information content (AvgIpc) is 2.58. The van der Waals surface area contributed by atoms with Crippen LogP contribution in [0.15, 0.2) is 18.2 Å². The summed E-state index contributed by atoms with van der Waals surface area (Å²) in [6, 6.07) is 2.68. The smallest absolute Gasteiger partial charge is 0.426 e. The van der Waals surface area contributed by atoms with E-state index in [1.165, 1.54) is 17.0 Å². The number of Topliss-reactive ketones (excluding diaryl/α,β-unsaturated/α-hetero) is 1. The summed E-state index contributed by atoms with van der Waals surface area (Å²) in [6.07, 6.45) is -4.20. The van der Waals surface area contributed by atoms with Gasteiger partial charge < -0.3 is 20.3 Å². The molecule has 1 aromatic rings. The van der Waals surface area contributed by atoms with Crippen LogP contribution in [0.2, 0.25) is 5.02 Å². The summed E-state index contributed by atoms with van der Waals surface area (Å²) >= 11 is 5.70. The molecule has 1 aliphatic heterocycles. The van der Waals surface area contributed by atoms with Crippen LogP contribution >= 0.6 is 11.6 Å². The van der Waals surface area contributed by atoms with E-state index in [1.807, 2.05) is 13.8 Å². The van der Waals surface area contributed by atoms with E-state index in [4.69, 9.17) is 11.6 Å². The van der Waals surface area contributed by atoms with E-state index in [0.717, 1.165) is 6.07 Å². The molecule has 1 fully saturated rings. The van der Waals surface area contributed by atoms with Gasteiger partial charge in [-0.25, -0.2) is 0 Å². The molecule has 0 aliphatic carbocycles. The topological polar surface area (TPSA) is 89.9 Å². The Labute approximate surface area is 178 Å². The Morgan fingerprint density at radius 2 is 1.97 bits per heavy atom. The van der Waals surface area contributed by atoms with Crippen molar-refractivity contribution in [1.29, 1.82) is 0 Å². The lowest BCUT2D eigenvalue weighted by Crippen LogP contribution is -2.53. The molecule has 2 atom stereocenters. The summed E-state index contributed by atoms with van der Waals surface area (Å²) in [5.41, 5.74) is -1.01. The molecular weight excluding hydrogens is 423 g/mol. The normalized spacial score (nSPS) is 17.5. The Balaban J connectivity index is 1.98. The number of nitrogens with one attached hydrogen (secondary N) is 1. The van der Waals surface area contributed by atoms with Gasteiger partial charge in [-0.1, -0.05) is 25.4 Å². The molecule has 166 valence electrons. The third-order valence-corrected chi connectivity index (χ3v) is 5.23. The van der Waals surface area contributed by atoms with Gasteiger partial charge in [0.25, 0.3) is 0 Å². The van der Waals surface area contributed by atoms with Crippen molar-refractivity contribution < 1.29 is 32.8 Å². The number of hydrogen-bond acceptors (Lipinski definition) is 5. The van der Waals surface area contributed by atoms with Crippen molar-refractivity contribution in [1.82, 2.24) is 5.32 Å². The number of carbonyl (C=O) groups excluding carboxylic acids is 2. The molecule has 0 spiro atoms. The maximum Gasteiger partial charge on any atom is 0.475 e. The Morgan fingerprint density at radius 1 is 1.30 bits per heavy atom. The lowest BCUT2D eigenvalue weighted by Gasteiger charge is -2.43. The molecule has 1 amide bonds. The molecule has 6 nitrogen and oxygen atoms in total. The second-order valence-corrected chi connectivity index (χ2v) is 8.28. The monoisotopic (exact) mass is 448 g/mol. The van der Waals surface area contributed by atoms with Crippen molar-refractivity contribution in [2.24, 2.45) is 5.92 Å². The molecule has 2 rings (SSSR count). The fraction of sp³-hybridized carbons (Fsp3) is 0.579. The summed E-state index contributed by atoms with van der Waals surface area (Å²) in [4.78, 5) is 26.0. The summed E-state index contributed by atoms with van der Waals surface area (Å²) < 4.78 is 40.0. The number of nitrogens with zero attached hydrogens (tertiary/aromatic N) is 1. The molecule has 1 heterocycles. The number of hydrogen-bond donors (Lipinski definition) is 3. The Bertz CT molecular complexity index is 777. The van der Waals surface area contributed by atoms with Crippen LogP contribution < -0.4 is 10.2 Å². The van der Waals surface area contributed by atoms with Crippen molar-refractivity contribution in [3.63, 3.8) is 0 Å². The Kier molecular flexibility index (Phi) is 8.18. The molecular formula is C19H25BClF3N2O4. The fourth-order valence-corrected chi connectivity index (χ4v) is 3.61.